The third-order valence-electron chi connectivity index (χ3n) is 2.93. The molecule has 1 aromatic heterocycles. The molecule has 0 saturated carbocycles. The summed E-state index contributed by atoms with van der Waals surface area (Å²) < 4.78 is 1.10. The summed E-state index contributed by atoms with van der Waals surface area (Å²) in [4.78, 5) is 6.48. The molecule has 1 aliphatic rings. The number of likely N-dealkylation sites (N-methyl/N-ethyl adjacent to an activating group) is 1. The lowest BCUT2D eigenvalue weighted by Crippen LogP contribution is -2.12. The number of fused-ring (bicyclic) bond motifs is 1. The van der Waals surface area contributed by atoms with Crippen LogP contribution in [0.1, 0.15) is 5.01 Å². The quantitative estimate of drug-likeness (QED) is 0.740. The third kappa shape index (κ3) is 2.05. The molecule has 0 N–H and O–H groups in total. The number of hydrogen-bond donors (Lipinski definition) is 0. The summed E-state index contributed by atoms with van der Waals surface area (Å²) in [5, 5.41) is 10.2. The number of rotatable bonds is 1. The molecule has 3 nitrogen and oxygen atoms in total. The van der Waals surface area contributed by atoms with Crippen LogP contribution in [-0.4, -0.2) is 16.9 Å². The van der Waals surface area contributed by atoms with Crippen LogP contribution in [0.2, 0.25) is 0 Å². The van der Waals surface area contributed by atoms with E-state index in [2.05, 4.69) is 11.1 Å². The Bertz CT molecular complexity index is 726. The van der Waals surface area contributed by atoms with E-state index >= 15 is 0 Å². The van der Waals surface area contributed by atoms with Crippen LogP contribution in [0.15, 0.2) is 54.4 Å². The van der Waals surface area contributed by atoms with Gasteiger partial charge in [-0.25, -0.2) is 4.98 Å². The highest BCUT2D eigenvalue weighted by molar-refractivity contribution is 7.19. The van der Waals surface area contributed by atoms with Crippen LogP contribution in [0.4, 0.5) is 0 Å². The van der Waals surface area contributed by atoms with Gasteiger partial charge in [-0.2, -0.15) is 5.26 Å². The molecule has 0 aliphatic carbocycles. The number of aromatic nitrogens is 1. The normalized spacial score (nSPS) is 16.7. The summed E-state index contributed by atoms with van der Waals surface area (Å²) in [6.07, 6.45) is 7.74. The Balaban J connectivity index is 2.18. The summed E-state index contributed by atoms with van der Waals surface area (Å²) >= 11 is 1.55. The molecule has 0 atom stereocenters. The Labute approximate surface area is 115 Å². The molecule has 0 bridgehead atoms. The number of benzene rings is 1. The molecule has 0 amide bonds. The van der Waals surface area contributed by atoms with Gasteiger partial charge >= 0.3 is 0 Å². The van der Waals surface area contributed by atoms with Gasteiger partial charge in [0.1, 0.15) is 16.6 Å². The standard InChI is InChI=1S/C15H11N3S/c1-18-9-5-4-7-13(18)11(10-16)15-17-12-6-2-3-8-14(12)19-15/h2-9H,1H3/b13-11-. The predicted octanol–water partition coefficient (Wildman–Crippen LogP) is 3.55. The van der Waals surface area contributed by atoms with E-state index < -0.39 is 0 Å². The maximum absolute atomic E-state index is 9.45. The maximum atomic E-state index is 9.45. The monoisotopic (exact) mass is 265 g/mol. The van der Waals surface area contributed by atoms with E-state index in [0.29, 0.717) is 5.57 Å². The lowest BCUT2D eigenvalue weighted by molar-refractivity contribution is 0.587. The largest absolute Gasteiger partial charge is 0.350 e. The summed E-state index contributed by atoms with van der Waals surface area (Å²) in [6, 6.07) is 10.2. The van der Waals surface area contributed by atoms with Crippen LogP contribution in [0.3, 0.4) is 0 Å². The van der Waals surface area contributed by atoms with Crippen molar-refractivity contribution in [3.05, 3.63) is 59.4 Å². The van der Waals surface area contributed by atoms with Crippen LogP contribution >= 0.6 is 11.3 Å². The molecule has 92 valence electrons. The second-order valence-electron chi connectivity index (χ2n) is 4.17. The second kappa shape index (κ2) is 4.71. The van der Waals surface area contributed by atoms with Crippen LogP contribution < -0.4 is 0 Å². The lowest BCUT2D eigenvalue weighted by atomic mass is 10.1. The Morgan fingerprint density at radius 3 is 2.89 bits per heavy atom. The van der Waals surface area contributed by atoms with E-state index in [9.17, 15) is 5.26 Å². The fourth-order valence-electron chi connectivity index (χ4n) is 1.98. The zero-order valence-electron chi connectivity index (χ0n) is 10.4. The van der Waals surface area contributed by atoms with Gasteiger partial charge in [-0.15, -0.1) is 11.3 Å². The van der Waals surface area contributed by atoms with Gasteiger partial charge in [-0.05, 0) is 24.3 Å². The smallest absolute Gasteiger partial charge is 0.137 e. The first-order valence-corrected chi connectivity index (χ1v) is 6.69. The van der Waals surface area contributed by atoms with Crippen LogP contribution in [0.5, 0.6) is 0 Å². The zero-order valence-corrected chi connectivity index (χ0v) is 11.2. The summed E-state index contributed by atoms with van der Waals surface area (Å²) in [6.45, 7) is 0. The van der Waals surface area contributed by atoms with Crippen molar-refractivity contribution in [3.63, 3.8) is 0 Å². The van der Waals surface area contributed by atoms with Crippen molar-refractivity contribution in [3.8, 4) is 6.07 Å². The first-order valence-electron chi connectivity index (χ1n) is 5.87. The maximum Gasteiger partial charge on any atom is 0.137 e. The molecule has 1 aromatic carbocycles. The van der Waals surface area contributed by atoms with E-state index in [-0.39, 0.29) is 0 Å². The summed E-state index contributed by atoms with van der Waals surface area (Å²) in [5.74, 6) is 0. The molecule has 4 heteroatoms. The first kappa shape index (κ1) is 11.7. The van der Waals surface area contributed by atoms with E-state index in [1.807, 2.05) is 60.6 Å². The van der Waals surface area contributed by atoms with Crippen LogP contribution in [0.25, 0.3) is 15.8 Å². The van der Waals surface area contributed by atoms with Gasteiger partial charge in [0.15, 0.2) is 0 Å². The fourth-order valence-corrected chi connectivity index (χ4v) is 2.95. The van der Waals surface area contributed by atoms with Gasteiger partial charge in [0, 0.05) is 13.2 Å². The molecule has 1 aliphatic heterocycles. The molecule has 0 spiro atoms. The SMILES string of the molecule is CN1C=CC=C/C1=C(\C#N)c1nc2ccccc2s1. The number of para-hydroxylation sites is 1. The summed E-state index contributed by atoms with van der Waals surface area (Å²) in [5.41, 5.74) is 2.43. The van der Waals surface area contributed by atoms with Gasteiger partial charge in [-0.1, -0.05) is 18.2 Å². The van der Waals surface area contributed by atoms with Crippen molar-refractivity contribution in [2.75, 3.05) is 7.05 Å². The van der Waals surface area contributed by atoms with Gasteiger partial charge in [0.25, 0.3) is 0 Å². The van der Waals surface area contributed by atoms with E-state index in [1.54, 1.807) is 11.3 Å². The zero-order chi connectivity index (χ0) is 13.2. The Hall–Kier alpha value is -2.38. The Morgan fingerprint density at radius 1 is 1.32 bits per heavy atom. The minimum absolute atomic E-state index is 0.615. The van der Waals surface area contributed by atoms with Crippen molar-refractivity contribution in [1.82, 2.24) is 9.88 Å². The van der Waals surface area contributed by atoms with E-state index in [4.69, 9.17) is 0 Å². The molecule has 0 fully saturated rings. The Morgan fingerprint density at radius 2 is 2.16 bits per heavy atom. The van der Waals surface area contributed by atoms with E-state index in [1.165, 1.54) is 0 Å². The van der Waals surface area contributed by atoms with Crippen molar-refractivity contribution in [1.29, 1.82) is 5.26 Å². The molecule has 2 aromatic rings. The predicted molar refractivity (Wildman–Crippen MR) is 78.2 cm³/mol. The van der Waals surface area contributed by atoms with Crippen molar-refractivity contribution >= 4 is 27.1 Å². The number of thiazole rings is 1. The highest BCUT2D eigenvalue weighted by Gasteiger charge is 2.15. The van der Waals surface area contributed by atoms with Gasteiger partial charge < -0.3 is 4.90 Å². The molecule has 0 saturated heterocycles. The molecule has 0 radical (unpaired) electrons. The topological polar surface area (TPSA) is 39.9 Å². The number of allylic oxidation sites excluding steroid dienone is 4. The van der Waals surface area contributed by atoms with Gasteiger partial charge in [-0.3, -0.25) is 0 Å². The number of nitrogens with zero attached hydrogens (tertiary/aromatic N) is 3. The lowest BCUT2D eigenvalue weighted by Gasteiger charge is -2.18. The van der Waals surface area contributed by atoms with Crippen molar-refractivity contribution in [2.24, 2.45) is 0 Å². The van der Waals surface area contributed by atoms with Crippen LogP contribution in [0, 0.1) is 11.3 Å². The van der Waals surface area contributed by atoms with Crippen LogP contribution in [-0.2, 0) is 0 Å². The number of hydrogen-bond acceptors (Lipinski definition) is 4. The Kier molecular flexibility index (Phi) is 2.90. The fraction of sp³-hybridized carbons (Fsp3) is 0.0667. The highest BCUT2D eigenvalue weighted by Crippen LogP contribution is 2.30. The average molecular weight is 265 g/mol. The molecule has 2 heterocycles. The van der Waals surface area contributed by atoms with Crippen molar-refractivity contribution in [2.45, 2.75) is 0 Å². The molecule has 0 unspecified atom stereocenters. The summed E-state index contributed by atoms with van der Waals surface area (Å²) in [7, 11) is 1.93. The molecular weight excluding hydrogens is 254 g/mol. The minimum atomic E-state index is 0.615. The molecule has 3 rings (SSSR count). The second-order valence-corrected chi connectivity index (χ2v) is 5.20. The minimum Gasteiger partial charge on any atom is -0.350 e. The van der Waals surface area contributed by atoms with Gasteiger partial charge in [0.2, 0.25) is 0 Å². The molecular formula is C15H11N3S. The third-order valence-corrected chi connectivity index (χ3v) is 3.98. The first-order chi connectivity index (χ1) is 9.29. The van der Waals surface area contributed by atoms with Crippen molar-refractivity contribution < 1.29 is 0 Å². The number of nitriles is 1. The molecule has 19 heavy (non-hydrogen) atoms. The van der Waals surface area contributed by atoms with Gasteiger partial charge in [0.05, 0.1) is 15.9 Å². The van der Waals surface area contributed by atoms with E-state index in [0.717, 1.165) is 20.9 Å². The highest BCUT2D eigenvalue weighted by atomic mass is 32.1. The average Bonchev–Trinajstić information content (AvgIpc) is 2.85.